The van der Waals surface area contributed by atoms with Crippen LogP contribution in [0.3, 0.4) is 0 Å². The Morgan fingerprint density at radius 1 is 1.13 bits per heavy atom. The summed E-state index contributed by atoms with van der Waals surface area (Å²) in [6.07, 6.45) is 4.25. The molecule has 2 aliphatic rings. The molecule has 2 saturated heterocycles. The predicted molar refractivity (Wildman–Crippen MR) is 111 cm³/mol. The lowest BCUT2D eigenvalue weighted by Crippen LogP contribution is -2.35. The van der Waals surface area contributed by atoms with Crippen molar-refractivity contribution in [2.75, 3.05) is 24.5 Å². The zero-order chi connectivity index (χ0) is 20.7. The standard InChI is InChI=1S/C22H26N6O2/c1-3-19-24-25-22(30-19)26-11-17-13-28(21(29)16-10-23-27(4-2)12-16)20(18(17)14-26)15-8-6-5-7-9-15/h5-10,12,17-18,20H,3-4,11,13-14H2,1-2H3/t17-,18-,20+/m0/s1. The van der Waals surface area contributed by atoms with Gasteiger partial charge in [0.1, 0.15) is 0 Å². The second-order valence-corrected chi connectivity index (χ2v) is 8.06. The third kappa shape index (κ3) is 3.16. The second kappa shape index (κ2) is 7.59. The molecule has 8 nitrogen and oxygen atoms in total. The summed E-state index contributed by atoms with van der Waals surface area (Å²) in [5.74, 6) is 1.38. The second-order valence-electron chi connectivity index (χ2n) is 8.06. The van der Waals surface area contributed by atoms with Crippen LogP contribution >= 0.6 is 0 Å². The molecule has 3 atom stereocenters. The highest BCUT2D eigenvalue weighted by Gasteiger charge is 2.50. The topological polar surface area (TPSA) is 80.3 Å². The molecule has 2 aliphatic heterocycles. The van der Waals surface area contributed by atoms with E-state index in [1.165, 1.54) is 5.56 Å². The van der Waals surface area contributed by atoms with Gasteiger partial charge in [-0.05, 0) is 12.5 Å². The van der Waals surface area contributed by atoms with E-state index >= 15 is 0 Å². The zero-order valence-corrected chi connectivity index (χ0v) is 17.3. The maximum atomic E-state index is 13.4. The van der Waals surface area contributed by atoms with Gasteiger partial charge in [-0.3, -0.25) is 9.48 Å². The van der Waals surface area contributed by atoms with Crippen LogP contribution in [0.25, 0.3) is 0 Å². The number of hydrogen-bond acceptors (Lipinski definition) is 6. The highest BCUT2D eigenvalue weighted by atomic mass is 16.4. The van der Waals surface area contributed by atoms with Crippen LogP contribution in [0.5, 0.6) is 0 Å². The summed E-state index contributed by atoms with van der Waals surface area (Å²) in [4.78, 5) is 17.6. The van der Waals surface area contributed by atoms with Gasteiger partial charge in [-0.1, -0.05) is 42.4 Å². The lowest BCUT2D eigenvalue weighted by molar-refractivity contribution is 0.0715. The Morgan fingerprint density at radius 3 is 2.67 bits per heavy atom. The normalized spacial score (nSPS) is 23.2. The van der Waals surface area contributed by atoms with Crippen molar-refractivity contribution in [2.24, 2.45) is 11.8 Å². The molecule has 0 radical (unpaired) electrons. The maximum absolute atomic E-state index is 13.4. The van der Waals surface area contributed by atoms with Crippen LogP contribution < -0.4 is 4.90 Å². The van der Waals surface area contributed by atoms with Crippen molar-refractivity contribution in [3.05, 3.63) is 59.7 Å². The van der Waals surface area contributed by atoms with Crippen molar-refractivity contribution in [1.82, 2.24) is 24.9 Å². The molecule has 8 heteroatoms. The zero-order valence-electron chi connectivity index (χ0n) is 17.3. The molecule has 2 aromatic heterocycles. The summed E-state index contributed by atoms with van der Waals surface area (Å²) in [7, 11) is 0. The third-order valence-corrected chi connectivity index (χ3v) is 6.30. The van der Waals surface area contributed by atoms with Crippen LogP contribution in [0, 0.1) is 11.8 Å². The lowest BCUT2D eigenvalue weighted by Gasteiger charge is -2.29. The first-order valence-corrected chi connectivity index (χ1v) is 10.6. The molecular weight excluding hydrogens is 380 g/mol. The van der Waals surface area contributed by atoms with E-state index in [9.17, 15) is 4.79 Å². The molecule has 0 unspecified atom stereocenters. The van der Waals surface area contributed by atoms with Crippen LogP contribution in [-0.4, -0.2) is 50.4 Å². The van der Waals surface area contributed by atoms with Gasteiger partial charge in [0, 0.05) is 50.6 Å². The molecule has 0 bridgehead atoms. The van der Waals surface area contributed by atoms with Gasteiger partial charge in [0.25, 0.3) is 5.91 Å². The first kappa shape index (κ1) is 18.8. The number of carbonyl (C=O) groups is 1. The van der Waals surface area contributed by atoms with Crippen molar-refractivity contribution in [3.63, 3.8) is 0 Å². The molecule has 0 spiro atoms. The fourth-order valence-electron chi connectivity index (χ4n) is 4.82. The van der Waals surface area contributed by atoms with E-state index in [-0.39, 0.29) is 11.9 Å². The number of carbonyl (C=O) groups excluding carboxylic acids is 1. The Bertz CT molecular complexity index is 1030. The molecule has 0 aliphatic carbocycles. The predicted octanol–water partition coefficient (Wildman–Crippen LogP) is 2.80. The van der Waals surface area contributed by atoms with Crippen molar-refractivity contribution in [1.29, 1.82) is 0 Å². The Hall–Kier alpha value is -3.16. The minimum absolute atomic E-state index is 0.0206. The highest BCUT2D eigenvalue weighted by Crippen LogP contribution is 2.46. The van der Waals surface area contributed by atoms with E-state index < -0.39 is 0 Å². The molecule has 0 saturated carbocycles. The van der Waals surface area contributed by atoms with E-state index in [1.54, 1.807) is 10.9 Å². The van der Waals surface area contributed by atoms with Crippen molar-refractivity contribution in [3.8, 4) is 0 Å². The molecule has 2 fully saturated rings. The minimum atomic E-state index is 0.0206. The highest BCUT2D eigenvalue weighted by molar-refractivity contribution is 5.94. The monoisotopic (exact) mass is 406 g/mol. The van der Waals surface area contributed by atoms with Gasteiger partial charge < -0.3 is 14.2 Å². The Kier molecular flexibility index (Phi) is 4.77. The summed E-state index contributed by atoms with van der Waals surface area (Å²) < 4.78 is 7.59. The van der Waals surface area contributed by atoms with E-state index in [1.807, 2.05) is 43.1 Å². The number of rotatable bonds is 5. The molecule has 5 rings (SSSR count). The van der Waals surface area contributed by atoms with Crippen molar-refractivity contribution in [2.45, 2.75) is 32.9 Å². The van der Waals surface area contributed by atoms with E-state index in [2.05, 4.69) is 32.3 Å². The summed E-state index contributed by atoms with van der Waals surface area (Å²) in [6.45, 7) is 7.10. The molecule has 3 aromatic rings. The van der Waals surface area contributed by atoms with Gasteiger partial charge in [0.2, 0.25) is 5.89 Å². The maximum Gasteiger partial charge on any atom is 0.318 e. The summed E-state index contributed by atoms with van der Waals surface area (Å²) in [5, 5.41) is 12.6. The molecule has 1 amide bonds. The summed E-state index contributed by atoms with van der Waals surface area (Å²) in [5.41, 5.74) is 1.82. The number of amides is 1. The smallest absolute Gasteiger partial charge is 0.318 e. The molecular formula is C22H26N6O2. The quantitative estimate of drug-likeness (QED) is 0.648. The van der Waals surface area contributed by atoms with Crippen LogP contribution in [0.2, 0.25) is 0 Å². The SMILES string of the molecule is CCc1nnc(N2C[C@H]3CN(C(=O)c4cnn(CC)c4)[C@H](c4ccccc4)[C@H]3C2)o1. The number of hydrogen-bond donors (Lipinski definition) is 0. The number of anilines is 1. The first-order chi connectivity index (χ1) is 14.7. The van der Waals surface area contributed by atoms with Crippen molar-refractivity contribution >= 4 is 11.9 Å². The molecule has 4 heterocycles. The van der Waals surface area contributed by atoms with E-state index in [0.717, 1.165) is 26.1 Å². The number of aromatic nitrogens is 4. The van der Waals surface area contributed by atoms with Gasteiger partial charge in [-0.15, -0.1) is 5.10 Å². The third-order valence-electron chi connectivity index (χ3n) is 6.30. The summed E-state index contributed by atoms with van der Waals surface area (Å²) in [6, 6.07) is 10.9. The van der Waals surface area contributed by atoms with Gasteiger partial charge in [0.05, 0.1) is 17.8 Å². The van der Waals surface area contributed by atoms with Gasteiger partial charge >= 0.3 is 6.01 Å². The average molecular weight is 406 g/mol. The average Bonchev–Trinajstić information content (AvgIpc) is 3.56. The molecule has 30 heavy (non-hydrogen) atoms. The molecule has 156 valence electrons. The Balaban J connectivity index is 1.43. The van der Waals surface area contributed by atoms with E-state index in [4.69, 9.17) is 4.42 Å². The fourth-order valence-corrected chi connectivity index (χ4v) is 4.82. The minimum Gasteiger partial charge on any atom is -0.408 e. The number of aryl methyl sites for hydroxylation is 2. The Labute approximate surface area is 175 Å². The van der Waals surface area contributed by atoms with E-state index in [0.29, 0.717) is 35.8 Å². The molecule has 0 N–H and O–H groups in total. The first-order valence-electron chi connectivity index (χ1n) is 10.6. The van der Waals surface area contributed by atoms with Crippen LogP contribution in [0.4, 0.5) is 6.01 Å². The largest absolute Gasteiger partial charge is 0.408 e. The molecule has 1 aromatic carbocycles. The fraction of sp³-hybridized carbons (Fsp3) is 0.455. The summed E-state index contributed by atoms with van der Waals surface area (Å²) >= 11 is 0. The number of likely N-dealkylation sites (tertiary alicyclic amines) is 1. The van der Waals surface area contributed by atoms with Gasteiger partial charge in [0.15, 0.2) is 0 Å². The number of nitrogens with zero attached hydrogens (tertiary/aromatic N) is 6. The number of benzene rings is 1. The van der Waals surface area contributed by atoms with Crippen LogP contribution in [-0.2, 0) is 13.0 Å². The lowest BCUT2D eigenvalue weighted by atomic mass is 9.89. The van der Waals surface area contributed by atoms with Gasteiger partial charge in [-0.25, -0.2) is 0 Å². The van der Waals surface area contributed by atoms with Crippen molar-refractivity contribution < 1.29 is 9.21 Å². The Morgan fingerprint density at radius 2 is 1.97 bits per heavy atom. The van der Waals surface area contributed by atoms with Crippen LogP contribution in [0.1, 0.15) is 41.7 Å². The number of fused-ring (bicyclic) bond motifs is 1. The van der Waals surface area contributed by atoms with Gasteiger partial charge in [-0.2, -0.15) is 5.10 Å². The van der Waals surface area contributed by atoms with Crippen LogP contribution in [0.15, 0.2) is 47.1 Å².